The number of imidazole rings is 1. The summed E-state index contributed by atoms with van der Waals surface area (Å²) in [4.78, 5) is 5.36. The van der Waals surface area contributed by atoms with Crippen LogP contribution in [-0.2, 0) is 18.0 Å². The van der Waals surface area contributed by atoms with Crippen molar-refractivity contribution in [1.82, 2.24) is 14.6 Å². The average molecular weight is 289 g/mol. The van der Waals surface area contributed by atoms with Crippen LogP contribution in [0.5, 0.6) is 0 Å². The predicted octanol–water partition coefficient (Wildman–Crippen LogP) is 2.40. The van der Waals surface area contributed by atoms with Gasteiger partial charge in [0.1, 0.15) is 5.01 Å². The molecule has 5 nitrogen and oxygen atoms in total. The van der Waals surface area contributed by atoms with Gasteiger partial charge in [-0.15, -0.1) is 0 Å². The standard InChI is InChI=1S/C14H15N3O2S/c1-9-3-5-10(6-4-9)13-11(7-18)17-14(15-13)20-12(16-17)8-19-2/h3-6,18H,7-8H2,1-2H3. The third-order valence-corrected chi connectivity index (χ3v) is 3.96. The Morgan fingerprint density at radius 1 is 1.30 bits per heavy atom. The molecule has 0 aliphatic heterocycles. The second kappa shape index (κ2) is 5.32. The molecule has 2 aromatic heterocycles. The molecular weight excluding hydrogens is 274 g/mol. The normalized spacial score (nSPS) is 11.3. The van der Waals surface area contributed by atoms with Gasteiger partial charge in [-0.3, -0.25) is 0 Å². The van der Waals surface area contributed by atoms with E-state index in [1.165, 1.54) is 16.9 Å². The van der Waals surface area contributed by atoms with E-state index in [2.05, 4.69) is 10.1 Å². The van der Waals surface area contributed by atoms with Gasteiger partial charge in [0, 0.05) is 12.7 Å². The number of hydrogen-bond donors (Lipinski definition) is 1. The van der Waals surface area contributed by atoms with E-state index in [1.54, 1.807) is 11.6 Å². The number of fused-ring (bicyclic) bond motifs is 1. The van der Waals surface area contributed by atoms with Crippen molar-refractivity contribution in [2.75, 3.05) is 7.11 Å². The van der Waals surface area contributed by atoms with Gasteiger partial charge in [0.25, 0.3) is 0 Å². The first-order valence-electron chi connectivity index (χ1n) is 6.27. The van der Waals surface area contributed by atoms with Crippen LogP contribution in [0.2, 0.25) is 0 Å². The minimum Gasteiger partial charge on any atom is -0.390 e. The zero-order valence-electron chi connectivity index (χ0n) is 11.3. The van der Waals surface area contributed by atoms with Crippen LogP contribution in [0, 0.1) is 6.92 Å². The van der Waals surface area contributed by atoms with Crippen molar-refractivity contribution in [1.29, 1.82) is 0 Å². The maximum atomic E-state index is 9.63. The summed E-state index contributed by atoms with van der Waals surface area (Å²) in [6.07, 6.45) is 0. The van der Waals surface area contributed by atoms with Crippen molar-refractivity contribution in [3.8, 4) is 11.3 Å². The first kappa shape index (κ1) is 13.2. The van der Waals surface area contributed by atoms with E-state index in [0.717, 1.165) is 21.2 Å². The highest BCUT2D eigenvalue weighted by molar-refractivity contribution is 7.16. The number of methoxy groups -OCH3 is 1. The van der Waals surface area contributed by atoms with Crippen LogP contribution in [0.4, 0.5) is 0 Å². The summed E-state index contributed by atoms with van der Waals surface area (Å²) in [5, 5.41) is 14.9. The van der Waals surface area contributed by atoms with Gasteiger partial charge in [0.2, 0.25) is 4.96 Å². The highest BCUT2D eigenvalue weighted by Crippen LogP contribution is 2.27. The van der Waals surface area contributed by atoms with E-state index in [1.807, 2.05) is 31.2 Å². The number of aliphatic hydroxyl groups excluding tert-OH is 1. The quantitative estimate of drug-likeness (QED) is 0.801. The van der Waals surface area contributed by atoms with Gasteiger partial charge in [-0.2, -0.15) is 5.10 Å². The summed E-state index contributed by atoms with van der Waals surface area (Å²) in [7, 11) is 1.63. The lowest BCUT2D eigenvalue weighted by Crippen LogP contribution is -1.97. The molecular formula is C14H15N3O2S. The molecule has 0 amide bonds. The molecule has 3 aromatic rings. The number of hydrogen-bond acceptors (Lipinski definition) is 5. The molecule has 1 N–H and O–H groups in total. The van der Waals surface area contributed by atoms with E-state index in [4.69, 9.17) is 4.74 Å². The molecule has 0 unspecified atom stereocenters. The minimum absolute atomic E-state index is 0.0967. The van der Waals surface area contributed by atoms with Gasteiger partial charge in [-0.05, 0) is 6.92 Å². The number of aromatic nitrogens is 3. The van der Waals surface area contributed by atoms with E-state index in [9.17, 15) is 5.11 Å². The summed E-state index contributed by atoms with van der Waals surface area (Å²) in [6.45, 7) is 2.40. The molecule has 1 aromatic carbocycles. The van der Waals surface area contributed by atoms with Crippen LogP contribution in [0.3, 0.4) is 0 Å². The van der Waals surface area contributed by atoms with Crippen LogP contribution in [0.15, 0.2) is 24.3 Å². The third kappa shape index (κ3) is 2.22. The topological polar surface area (TPSA) is 59.7 Å². The third-order valence-electron chi connectivity index (χ3n) is 3.08. The Hall–Kier alpha value is -1.76. The van der Waals surface area contributed by atoms with Crippen molar-refractivity contribution in [2.45, 2.75) is 20.1 Å². The largest absolute Gasteiger partial charge is 0.390 e. The Morgan fingerprint density at radius 3 is 2.70 bits per heavy atom. The molecule has 0 radical (unpaired) electrons. The molecule has 0 fully saturated rings. The fraction of sp³-hybridized carbons (Fsp3) is 0.286. The lowest BCUT2D eigenvalue weighted by atomic mass is 10.1. The zero-order valence-corrected chi connectivity index (χ0v) is 12.1. The highest BCUT2D eigenvalue weighted by Gasteiger charge is 2.17. The van der Waals surface area contributed by atoms with Crippen molar-refractivity contribution >= 4 is 16.3 Å². The summed E-state index contributed by atoms with van der Waals surface area (Å²) >= 11 is 1.47. The SMILES string of the molecule is COCc1nn2c(CO)c(-c3ccc(C)cc3)nc2s1. The van der Waals surface area contributed by atoms with Crippen LogP contribution in [0.25, 0.3) is 16.2 Å². The molecule has 20 heavy (non-hydrogen) atoms. The summed E-state index contributed by atoms with van der Waals surface area (Å²) in [5.74, 6) is 0. The van der Waals surface area contributed by atoms with Crippen LogP contribution in [0.1, 0.15) is 16.3 Å². The Kier molecular flexibility index (Phi) is 3.52. The smallest absolute Gasteiger partial charge is 0.213 e. The number of nitrogens with zero attached hydrogens (tertiary/aromatic N) is 3. The molecule has 104 valence electrons. The van der Waals surface area contributed by atoms with Gasteiger partial charge >= 0.3 is 0 Å². The van der Waals surface area contributed by atoms with Gasteiger partial charge in [-0.1, -0.05) is 41.2 Å². The summed E-state index contributed by atoms with van der Waals surface area (Å²) in [5.41, 5.74) is 3.68. The Labute approximate surface area is 120 Å². The van der Waals surface area contributed by atoms with Crippen molar-refractivity contribution in [3.05, 3.63) is 40.5 Å². The number of benzene rings is 1. The second-order valence-corrected chi connectivity index (χ2v) is 5.59. The lowest BCUT2D eigenvalue weighted by molar-refractivity contribution is 0.183. The van der Waals surface area contributed by atoms with Gasteiger partial charge in [0.05, 0.1) is 24.6 Å². The molecule has 0 aliphatic carbocycles. The monoisotopic (exact) mass is 289 g/mol. The molecule has 0 saturated carbocycles. The Morgan fingerprint density at radius 2 is 2.05 bits per heavy atom. The summed E-state index contributed by atoms with van der Waals surface area (Å²) in [6, 6.07) is 8.09. The fourth-order valence-electron chi connectivity index (χ4n) is 2.10. The molecule has 0 saturated heterocycles. The second-order valence-electron chi connectivity index (χ2n) is 4.55. The number of ether oxygens (including phenoxy) is 1. The fourth-order valence-corrected chi connectivity index (χ4v) is 2.98. The first-order chi connectivity index (χ1) is 9.72. The molecule has 3 rings (SSSR count). The Balaban J connectivity index is 2.11. The summed E-state index contributed by atoms with van der Waals surface area (Å²) < 4.78 is 6.78. The van der Waals surface area contributed by atoms with E-state index >= 15 is 0 Å². The molecule has 0 bridgehead atoms. The number of rotatable bonds is 4. The molecule has 2 heterocycles. The predicted molar refractivity (Wildman–Crippen MR) is 77.7 cm³/mol. The first-order valence-corrected chi connectivity index (χ1v) is 7.08. The Bertz CT molecular complexity index is 731. The van der Waals surface area contributed by atoms with Gasteiger partial charge < -0.3 is 9.84 Å². The van der Waals surface area contributed by atoms with E-state index in [-0.39, 0.29) is 6.61 Å². The van der Waals surface area contributed by atoms with Crippen molar-refractivity contribution < 1.29 is 9.84 Å². The minimum atomic E-state index is -0.0967. The van der Waals surface area contributed by atoms with Crippen LogP contribution >= 0.6 is 11.3 Å². The van der Waals surface area contributed by atoms with Crippen LogP contribution < -0.4 is 0 Å². The van der Waals surface area contributed by atoms with E-state index < -0.39 is 0 Å². The van der Waals surface area contributed by atoms with Gasteiger partial charge in [-0.25, -0.2) is 9.50 Å². The molecule has 0 spiro atoms. The molecule has 6 heteroatoms. The van der Waals surface area contributed by atoms with Crippen LogP contribution in [-0.4, -0.2) is 26.8 Å². The van der Waals surface area contributed by atoms with E-state index in [0.29, 0.717) is 12.3 Å². The maximum absolute atomic E-state index is 9.63. The van der Waals surface area contributed by atoms with Gasteiger partial charge in [0.15, 0.2) is 0 Å². The lowest BCUT2D eigenvalue weighted by Gasteiger charge is -2.01. The van der Waals surface area contributed by atoms with Crippen molar-refractivity contribution in [3.63, 3.8) is 0 Å². The molecule has 0 aliphatic rings. The number of aliphatic hydroxyl groups is 1. The maximum Gasteiger partial charge on any atom is 0.213 e. The van der Waals surface area contributed by atoms with Crippen molar-refractivity contribution in [2.24, 2.45) is 0 Å². The molecule has 0 atom stereocenters. The highest BCUT2D eigenvalue weighted by atomic mass is 32.1. The average Bonchev–Trinajstić information content (AvgIpc) is 2.96. The zero-order chi connectivity index (χ0) is 14.1. The number of aryl methyl sites for hydroxylation is 1.